The second-order valence-corrected chi connectivity index (χ2v) is 10.7. The number of rotatable bonds is 4. The van der Waals surface area contributed by atoms with Crippen molar-refractivity contribution >= 4 is 71.9 Å². The number of hydrogen-bond acceptors (Lipinski definition) is 8. The van der Waals surface area contributed by atoms with Crippen LogP contribution >= 0.6 is 31.9 Å². The number of anilines is 2. The van der Waals surface area contributed by atoms with Gasteiger partial charge in [0.25, 0.3) is 0 Å². The fourth-order valence-electron chi connectivity index (χ4n) is 3.59. The molecule has 6 aromatic rings. The summed E-state index contributed by atoms with van der Waals surface area (Å²) >= 11 is 6.71. The topological polar surface area (TPSA) is 184 Å². The Morgan fingerprint density at radius 3 is 1.64 bits per heavy atom. The van der Waals surface area contributed by atoms with Gasteiger partial charge >= 0.3 is 11.4 Å². The highest BCUT2D eigenvalue weighted by Crippen LogP contribution is 2.25. The molecule has 1 heterocycles. The Hall–Kier alpha value is -5.40. The van der Waals surface area contributed by atoms with E-state index in [1.165, 1.54) is 12.1 Å². The molecule has 0 aliphatic heterocycles. The molecule has 0 spiro atoms. The molecule has 228 valence electrons. The van der Waals surface area contributed by atoms with Crippen LogP contribution in [0.15, 0.2) is 130 Å². The van der Waals surface area contributed by atoms with E-state index in [-0.39, 0.29) is 0 Å². The second-order valence-electron chi connectivity index (χ2n) is 8.92. The average molecular weight is 734 g/mol. The zero-order valence-electron chi connectivity index (χ0n) is 23.4. The van der Waals surface area contributed by atoms with Crippen molar-refractivity contribution in [3.8, 4) is 11.4 Å². The number of aromatic nitrogens is 2. The Morgan fingerprint density at radius 2 is 1.18 bits per heavy atom. The smallest absolute Gasteiger partial charge is 0.346 e. The predicted octanol–water partition coefficient (Wildman–Crippen LogP) is 8.61. The number of nitrogens with two attached hydrogens (primary N) is 2. The van der Waals surface area contributed by atoms with Crippen molar-refractivity contribution in [2.45, 2.75) is 0 Å². The summed E-state index contributed by atoms with van der Waals surface area (Å²) in [4.78, 5) is 36.9. The van der Waals surface area contributed by atoms with Crippen molar-refractivity contribution in [3.63, 3.8) is 0 Å². The number of halogens is 2. The number of nitrogens with one attached hydrogen (secondary N) is 1. The summed E-state index contributed by atoms with van der Waals surface area (Å²) in [6.45, 7) is 0. The molecule has 5 N–H and O–H groups in total. The second kappa shape index (κ2) is 17.0. The first kappa shape index (κ1) is 34.1. The number of benzene rings is 5. The maximum Gasteiger partial charge on any atom is 0.346 e. The van der Waals surface area contributed by atoms with Gasteiger partial charge in [0.1, 0.15) is 12.1 Å². The molecular formula is C32H26Br2N6O5. The molecule has 0 bridgehead atoms. The Morgan fingerprint density at radius 1 is 0.667 bits per heavy atom. The number of para-hydroxylation sites is 6. The van der Waals surface area contributed by atoms with Crippen molar-refractivity contribution in [1.82, 2.24) is 9.97 Å². The van der Waals surface area contributed by atoms with Crippen molar-refractivity contribution in [1.29, 1.82) is 0 Å². The lowest BCUT2D eigenvalue weighted by Gasteiger charge is -1.96. The van der Waals surface area contributed by atoms with Gasteiger partial charge in [0, 0.05) is 32.2 Å². The third-order valence-corrected chi connectivity index (χ3v) is 6.73. The van der Waals surface area contributed by atoms with Crippen molar-refractivity contribution in [3.05, 3.63) is 156 Å². The van der Waals surface area contributed by atoms with Crippen LogP contribution in [0.3, 0.4) is 0 Å². The van der Waals surface area contributed by atoms with E-state index in [4.69, 9.17) is 11.5 Å². The SMILES string of the molecule is Brc1cccc(-c2nc3ccccc3[nH]2)c1.Nc1ccccc1N.O=Cc1cccc(Br)c1.O=[N+]([O-])c1ccccc1[N+](=O)[O-]. The largest absolute Gasteiger partial charge is 0.397 e. The van der Waals surface area contributed by atoms with Gasteiger partial charge in [-0.2, -0.15) is 0 Å². The summed E-state index contributed by atoms with van der Waals surface area (Å²) in [5.74, 6) is 0.905. The number of nitrogen functional groups attached to an aromatic ring is 2. The molecule has 0 fully saturated rings. The molecule has 11 nitrogen and oxygen atoms in total. The summed E-state index contributed by atoms with van der Waals surface area (Å²) in [7, 11) is 0. The molecule has 0 aliphatic rings. The first-order valence-corrected chi connectivity index (χ1v) is 14.6. The third-order valence-electron chi connectivity index (χ3n) is 5.74. The van der Waals surface area contributed by atoms with E-state index in [2.05, 4.69) is 47.9 Å². The van der Waals surface area contributed by atoms with Crippen molar-refractivity contribution in [2.75, 3.05) is 11.5 Å². The van der Waals surface area contributed by atoms with Gasteiger partial charge in [0.15, 0.2) is 0 Å². The van der Waals surface area contributed by atoms with E-state index in [0.717, 1.165) is 49.8 Å². The summed E-state index contributed by atoms with van der Waals surface area (Å²) in [6.07, 6.45) is 0.824. The first-order chi connectivity index (χ1) is 21.6. The molecule has 0 saturated heterocycles. The van der Waals surface area contributed by atoms with Gasteiger partial charge in [-0.05, 0) is 48.5 Å². The van der Waals surface area contributed by atoms with Crippen LogP contribution < -0.4 is 11.5 Å². The van der Waals surface area contributed by atoms with Gasteiger partial charge in [0.05, 0.1) is 32.3 Å². The molecule has 5 aromatic carbocycles. The fraction of sp³-hybridized carbons (Fsp3) is 0. The van der Waals surface area contributed by atoms with E-state index in [1.54, 1.807) is 24.3 Å². The Bertz CT molecular complexity index is 1830. The van der Waals surface area contributed by atoms with Gasteiger partial charge in [-0.15, -0.1) is 0 Å². The zero-order chi connectivity index (χ0) is 32.8. The highest BCUT2D eigenvalue weighted by atomic mass is 79.9. The third kappa shape index (κ3) is 10.7. The fourth-order valence-corrected chi connectivity index (χ4v) is 4.41. The van der Waals surface area contributed by atoms with Gasteiger partial charge in [0.2, 0.25) is 0 Å². The highest BCUT2D eigenvalue weighted by Gasteiger charge is 2.21. The standard InChI is InChI=1S/C13H9BrN2.C7H5BrO.C6H4N2O4.C6H8N2/c14-10-5-3-4-9(8-10)13-15-11-6-1-2-7-12(11)16-13;8-7-3-1-2-6(4-7)5-9;9-7(10)5-3-1-2-4-6(5)8(11)12;7-5-3-1-2-4-6(5)8/h1-8H,(H,15,16);1-5H;1-4H;1-4H,7-8H2. The maximum atomic E-state index is 10.2. The molecular weight excluding hydrogens is 708 g/mol. The maximum absolute atomic E-state index is 10.2. The van der Waals surface area contributed by atoms with Gasteiger partial charge in [-0.25, -0.2) is 4.98 Å². The molecule has 0 aliphatic carbocycles. The van der Waals surface area contributed by atoms with Gasteiger partial charge in [-0.3, -0.25) is 25.0 Å². The number of imidazole rings is 1. The van der Waals surface area contributed by atoms with E-state index in [0.29, 0.717) is 16.9 Å². The number of aromatic amines is 1. The Balaban J connectivity index is 0.000000170. The average Bonchev–Trinajstić information content (AvgIpc) is 3.48. The lowest BCUT2D eigenvalue weighted by atomic mass is 10.2. The molecule has 13 heteroatoms. The zero-order valence-corrected chi connectivity index (χ0v) is 26.6. The number of nitro groups is 2. The number of H-pyrrole nitrogens is 1. The van der Waals surface area contributed by atoms with Crippen LogP contribution in [-0.4, -0.2) is 26.1 Å². The van der Waals surface area contributed by atoms with Crippen LogP contribution in [0.1, 0.15) is 10.4 Å². The lowest BCUT2D eigenvalue weighted by Crippen LogP contribution is -1.95. The summed E-state index contributed by atoms with van der Waals surface area (Å²) in [6, 6.07) is 35.6. The van der Waals surface area contributed by atoms with Gasteiger partial charge < -0.3 is 16.5 Å². The predicted molar refractivity (Wildman–Crippen MR) is 184 cm³/mol. The van der Waals surface area contributed by atoms with E-state index < -0.39 is 21.2 Å². The van der Waals surface area contributed by atoms with Crippen LogP contribution in [0.25, 0.3) is 22.4 Å². The number of aldehydes is 1. The molecule has 6 rings (SSSR count). The minimum Gasteiger partial charge on any atom is -0.397 e. The van der Waals surface area contributed by atoms with Crippen molar-refractivity contribution < 1.29 is 14.6 Å². The first-order valence-electron chi connectivity index (χ1n) is 13.0. The van der Waals surface area contributed by atoms with Crippen molar-refractivity contribution in [2.24, 2.45) is 0 Å². The number of fused-ring (bicyclic) bond motifs is 1. The summed E-state index contributed by atoms with van der Waals surface area (Å²) < 4.78 is 2.00. The molecule has 0 saturated carbocycles. The molecule has 0 unspecified atom stereocenters. The van der Waals surface area contributed by atoms with Crippen LogP contribution in [0.5, 0.6) is 0 Å². The minimum atomic E-state index is -0.780. The summed E-state index contributed by atoms with van der Waals surface area (Å²) in [5.41, 5.74) is 15.0. The Kier molecular flexibility index (Phi) is 12.9. The van der Waals surface area contributed by atoms with Crippen LogP contribution in [0.2, 0.25) is 0 Å². The number of carbonyl (C=O) groups is 1. The van der Waals surface area contributed by atoms with Crippen LogP contribution in [0.4, 0.5) is 22.7 Å². The van der Waals surface area contributed by atoms with Crippen LogP contribution in [0, 0.1) is 20.2 Å². The quantitative estimate of drug-likeness (QED) is 0.0696. The normalized spacial score (nSPS) is 9.73. The molecule has 0 atom stereocenters. The van der Waals surface area contributed by atoms with Crippen LogP contribution in [-0.2, 0) is 0 Å². The van der Waals surface area contributed by atoms with E-state index >= 15 is 0 Å². The summed E-state index contributed by atoms with van der Waals surface area (Å²) in [5, 5.41) is 20.5. The number of nitrogens with zero attached hydrogens (tertiary/aromatic N) is 3. The Labute approximate surface area is 274 Å². The number of nitro benzene ring substituents is 2. The number of hydrogen-bond donors (Lipinski definition) is 3. The number of carbonyl (C=O) groups excluding carboxylic acids is 1. The highest BCUT2D eigenvalue weighted by molar-refractivity contribution is 9.10. The molecule has 0 radical (unpaired) electrons. The molecule has 45 heavy (non-hydrogen) atoms. The van der Waals surface area contributed by atoms with E-state index in [1.807, 2.05) is 66.7 Å². The van der Waals surface area contributed by atoms with Gasteiger partial charge in [-0.1, -0.05) is 92.5 Å². The van der Waals surface area contributed by atoms with E-state index in [9.17, 15) is 25.0 Å². The minimum absolute atomic E-state index is 0.484. The molecule has 0 amide bonds. The molecule has 1 aromatic heterocycles. The lowest BCUT2D eigenvalue weighted by molar-refractivity contribution is -0.422. The monoisotopic (exact) mass is 732 g/mol.